The van der Waals surface area contributed by atoms with Gasteiger partial charge in [0.1, 0.15) is 5.54 Å². The second kappa shape index (κ2) is 6.66. The van der Waals surface area contributed by atoms with Crippen LogP contribution in [0.5, 0.6) is 0 Å². The van der Waals surface area contributed by atoms with Crippen molar-refractivity contribution in [3.63, 3.8) is 0 Å². The summed E-state index contributed by atoms with van der Waals surface area (Å²) in [7, 11) is 0. The molecule has 2 aliphatic carbocycles. The van der Waals surface area contributed by atoms with Crippen LogP contribution < -0.4 is 10.2 Å². The quantitative estimate of drug-likeness (QED) is 0.757. The normalized spacial score (nSPS) is 36.3. The first-order valence-electron chi connectivity index (χ1n) is 10.2. The number of nitrogens with one attached hydrogen (secondary N) is 2. The van der Waals surface area contributed by atoms with E-state index in [1.54, 1.807) is 4.90 Å². The molecule has 5 heteroatoms. The first-order chi connectivity index (χ1) is 11.7. The molecule has 3 atom stereocenters. The molecule has 134 valence electrons. The molecule has 2 heterocycles. The van der Waals surface area contributed by atoms with Crippen molar-refractivity contribution in [1.29, 1.82) is 0 Å². The van der Waals surface area contributed by atoms with Crippen molar-refractivity contribution in [3.05, 3.63) is 0 Å². The molecule has 0 aromatic heterocycles. The fourth-order valence-electron chi connectivity index (χ4n) is 5.76. The van der Waals surface area contributed by atoms with Crippen LogP contribution in [0.1, 0.15) is 77.0 Å². The van der Waals surface area contributed by atoms with E-state index < -0.39 is 5.54 Å². The van der Waals surface area contributed by atoms with Crippen LogP contribution in [-0.4, -0.2) is 41.6 Å². The Kier molecular flexibility index (Phi) is 4.54. The van der Waals surface area contributed by atoms with Gasteiger partial charge in [-0.25, -0.2) is 9.69 Å². The minimum atomic E-state index is -0.575. The fraction of sp³-hybridized carbons (Fsp3) is 0.895. The van der Waals surface area contributed by atoms with E-state index >= 15 is 0 Å². The van der Waals surface area contributed by atoms with Gasteiger partial charge < -0.3 is 10.2 Å². The molecule has 2 saturated heterocycles. The lowest BCUT2D eigenvalue weighted by Gasteiger charge is -2.42. The number of nitrogens with zero attached hydrogens (tertiary/aromatic N) is 1. The predicted octanol–water partition coefficient (Wildman–Crippen LogP) is 1.83. The molecule has 4 aliphatic rings. The number of urea groups is 1. The summed E-state index contributed by atoms with van der Waals surface area (Å²) in [6, 6.07) is 0.533. The number of imide groups is 1. The van der Waals surface area contributed by atoms with E-state index in [-0.39, 0.29) is 11.9 Å². The van der Waals surface area contributed by atoms with E-state index in [0.29, 0.717) is 12.7 Å². The van der Waals surface area contributed by atoms with Crippen LogP contribution >= 0.6 is 0 Å². The lowest BCUT2D eigenvalue weighted by atomic mass is 9.78. The third kappa shape index (κ3) is 2.85. The van der Waals surface area contributed by atoms with Gasteiger partial charge in [-0.15, -0.1) is 0 Å². The van der Waals surface area contributed by atoms with Crippen molar-refractivity contribution in [2.75, 3.05) is 13.2 Å². The smallest absolute Gasteiger partial charge is 0.323 e. The molecule has 1 spiro atoms. The number of carbonyl (C=O) groups excluding carboxylic acids is 2. The molecular weight excluding hydrogens is 302 g/mol. The van der Waals surface area contributed by atoms with E-state index in [1.807, 2.05) is 0 Å². The number of fused-ring (bicyclic) bond motifs is 1. The lowest BCUT2D eigenvalue weighted by molar-refractivity contribution is -0.942. The molecule has 2 N–H and O–H groups in total. The van der Waals surface area contributed by atoms with Crippen LogP contribution in [0, 0.1) is 5.92 Å². The Labute approximate surface area is 145 Å². The average Bonchev–Trinajstić information content (AvgIpc) is 2.76. The van der Waals surface area contributed by atoms with Gasteiger partial charge in [-0.05, 0) is 44.9 Å². The van der Waals surface area contributed by atoms with E-state index in [9.17, 15) is 9.59 Å². The fourth-order valence-corrected chi connectivity index (χ4v) is 5.76. The Bertz CT molecular complexity index is 497. The van der Waals surface area contributed by atoms with E-state index in [4.69, 9.17) is 0 Å². The van der Waals surface area contributed by atoms with Crippen LogP contribution in [0.2, 0.25) is 0 Å². The molecule has 0 aromatic carbocycles. The summed E-state index contributed by atoms with van der Waals surface area (Å²) in [6.07, 6.45) is 14.0. The summed E-state index contributed by atoms with van der Waals surface area (Å²) in [5.74, 6) is 0.884. The highest BCUT2D eigenvalue weighted by Crippen LogP contribution is 2.33. The van der Waals surface area contributed by atoms with Crippen molar-refractivity contribution < 1.29 is 14.5 Å². The van der Waals surface area contributed by atoms with Crippen molar-refractivity contribution >= 4 is 11.9 Å². The second-order valence-corrected chi connectivity index (χ2v) is 8.52. The van der Waals surface area contributed by atoms with E-state index in [0.717, 1.165) is 38.1 Å². The molecule has 4 rings (SSSR count). The highest BCUT2D eigenvalue weighted by Gasteiger charge is 2.52. The summed E-state index contributed by atoms with van der Waals surface area (Å²) in [5, 5.41) is 3.09. The zero-order chi connectivity index (χ0) is 16.6. The minimum Gasteiger partial charge on any atom is -0.323 e. The van der Waals surface area contributed by atoms with Gasteiger partial charge in [0.05, 0.1) is 12.6 Å². The summed E-state index contributed by atoms with van der Waals surface area (Å²) in [5.41, 5.74) is -0.575. The monoisotopic (exact) mass is 334 g/mol. The van der Waals surface area contributed by atoms with Crippen molar-refractivity contribution in [3.8, 4) is 0 Å². The number of rotatable bonds is 2. The zero-order valence-corrected chi connectivity index (χ0v) is 14.8. The van der Waals surface area contributed by atoms with Gasteiger partial charge in [-0.2, -0.15) is 0 Å². The molecule has 24 heavy (non-hydrogen) atoms. The Hall–Kier alpha value is -1.10. The molecule has 2 aliphatic heterocycles. The zero-order valence-electron chi connectivity index (χ0n) is 14.8. The van der Waals surface area contributed by atoms with Gasteiger partial charge in [0.25, 0.3) is 5.91 Å². The number of amides is 3. The maximum atomic E-state index is 13.1. The number of piperidine rings is 1. The standard InChI is InChI=1S/C19H31N3O2/c23-17-19(11-5-1-2-6-12-19)20-18(24)22(17)14-21-13-7-9-15-8-3-4-10-16(15)21/h15-16H,1-14H2,(H,20,24)/p+1/t15-,16-/m0/s1. The van der Waals surface area contributed by atoms with Crippen molar-refractivity contribution in [2.45, 2.75) is 88.6 Å². The third-order valence-electron chi connectivity index (χ3n) is 7.07. The van der Waals surface area contributed by atoms with E-state index in [2.05, 4.69) is 5.32 Å². The van der Waals surface area contributed by atoms with Crippen LogP contribution in [0.4, 0.5) is 4.79 Å². The number of hydrogen-bond donors (Lipinski definition) is 2. The molecular formula is C19H32N3O2+. The lowest BCUT2D eigenvalue weighted by Crippen LogP contribution is -3.19. The minimum absolute atomic E-state index is 0.0693. The topological polar surface area (TPSA) is 53.9 Å². The van der Waals surface area contributed by atoms with Crippen LogP contribution in [0.25, 0.3) is 0 Å². The van der Waals surface area contributed by atoms with Crippen LogP contribution in [-0.2, 0) is 4.79 Å². The Morgan fingerprint density at radius 2 is 1.67 bits per heavy atom. The number of carbonyl (C=O) groups is 2. The highest BCUT2D eigenvalue weighted by molar-refractivity contribution is 6.06. The van der Waals surface area contributed by atoms with Crippen molar-refractivity contribution in [2.24, 2.45) is 5.92 Å². The molecule has 0 bridgehead atoms. The molecule has 5 nitrogen and oxygen atoms in total. The van der Waals surface area contributed by atoms with E-state index in [1.165, 1.54) is 56.3 Å². The summed E-state index contributed by atoms with van der Waals surface area (Å²) in [4.78, 5) is 28.7. The molecule has 3 amide bonds. The maximum absolute atomic E-state index is 13.1. The summed E-state index contributed by atoms with van der Waals surface area (Å²) < 4.78 is 0. The second-order valence-electron chi connectivity index (χ2n) is 8.52. The van der Waals surface area contributed by atoms with Crippen LogP contribution in [0.3, 0.4) is 0 Å². The largest absolute Gasteiger partial charge is 0.329 e. The summed E-state index contributed by atoms with van der Waals surface area (Å²) >= 11 is 0. The highest BCUT2D eigenvalue weighted by atomic mass is 16.2. The van der Waals surface area contributed by atoms with Gasteiger partial charge in [-0.1, -0.05) is 32.1 Å². The van der Waals surface area contributed by atoms with Gasteiger partial charge in [-0.3, -0.25) is 4.79 Å². The molecule has 0 radical (unpaired) electrons. The van der Waals surface area contributed by atoms with Gasteiger partial charge in [0, 0.05) is 5.92 Å². The molecule has 1 unspecified atom stereocenters. The Balaban J connectivity index is 1.47. The van der Waals surface area contributed by atoms with Gasteiger partial charge >= 0.3 is 6.03 Å². The number of likely N-dealkylation sites (tertiary alicyclic amines) is 1. The van der Waals surface area contributed by atoms with Gasteiger partial charge in [0.2, 0.25) is 0 Å². The number of quaternary nitrogens is 1. The first kappa shape index (κ1) is 16.4. The third-order valence-corrected chi connectivity index (χ3v) is 7.07. The van der Waals surface area contributed by atoms with Crippen LogP contribution in [0.15, 0.2) is 0 Å². The first-order valence-corrected chi connectivity index (χ1v) is 10.2. The SMILES string of the molecule is O=C1NC2(CCCCCC2)C(=O)N1C[NH+]1CCC[C@@H]2CCCC[C@@H]21. The molecule has 4 fully saturated rings. The Morgan fingerprint density at radius 1 is 0.958 bits per heavy atom. The van der Waals surface area contributed by atoms with Gasteiger partial charge in [0.15, 0.2) is 6.67 Å². The predicted molar refractivity (Wildman–Crippen MR) is 91.5 cm³/mol. The average molecular weight is 334 g/mol. The molecule has 2 saturated carbocycles. The molecule has 0 aromatic rings. The number of hydrogen-bond acceptors (Lipinski definition) is 2. The maximum Gasteiger partial charge on any atom is 0.329 e. The Morgan fingerprint density at radius 3 is 2.46 bits per heavy atom. The van der Waals surface area contributed by atoms with Crippen molar-refractivity contribution in [1.82, 2.24) is 10.2 Å². The summed E-state index contributed by atoms with van der Waals surface area (Å²) in [6.45, 7) is 1.71.